The number of fused-ring (bicyclic) bond motifs is 1. The van der Waals surface area contributed by atoms with Crippen molar-refractivity contribution in [2.45, 2.75) is 160 Å². The number of ketones is 1. The number of rotatable bonds is 4. The molecule has 0 aromatic heterocycles. The van der Waals surface area contributed by atoms with Crippen LogP contribution in [0.4, 0.5) is 0 Å². The topological polar surface area (TPSA) is 163 Å². The van der Waals surface area contributed by atoms with E-state index in [-0.39, 0.29) is 43.4 Å². The quantitative estimate of drug-likeness (QED) is 0.131. The van der Waals surface area contributed by atoms with Gasteiger partial charge in [0.1, 0.15) is 12.1 Å². The van der Waals surface area contributed by atoms with Gasteiger partial charge in [-0.15, -0.1) is 0 Å². The highest BCUT2D eigenvalue weighted by atomic mass is 16.5. The Morgan fingerprint density at radius 2 is 1.58 bits per heavy atom. The summed E-state index contributed by atoms with van der Waals surface area (Å²) in [4.78, 5) is 42.5. The number of piperidine rings is 1. The third-order valence-corrected chi connectivity index (χ3v) is 11.6. The molecule has 1 saturated heterocycles. The fourth-order valence-corrected chi connectivity index (χ4v) is 8.16. The first kappa shape index (κ1) is 44.0. The SMILES string of the molecule is C=C1C/C=C(\C)C[C@H](C)C[C@H](OC)C[C@@H](OC)C[C@@H](C)C(O)(O)C(=O)C(=O)N2CCCC[C@H]2C(=O)O[C@H](/C(C)=C/[C@H]2CC[C@H](O)CC2)[C@H](C)[C@@H](O)C1. The zero-order chi connectivity index (χ0) is 38.7. The summed E-state index contributed by atoms with van der Waals surface area (Å²) >= 11 is 0. The standard InChI is InChI=1S/C41H67NO10/c1-25-12-13-26(2)21-36(44)30(6)37(28(4)22-31-14-16-32(43)17-15-31)52-40(47)35-11-9-10-18-42(35)39(46)38(45)41(48,49)29(5)23-34(51-8)24-33(50-7)20-27(3)19-25/h12,22,27,29-37,43-44,48-49H,2,9-11,13-21,23-24H2,1,3-8H3/b25-12+,28-22+/t27-,29+,30+,31-,32-,33-,34-,35-,36-,37+/m0/s1. The average Bonchev–Trinajstić information content (AvgIpc) is 3.11. The fourth-order valence-electron chi connectivity index (χ4n) is 8.16. The van der Waals surface area contributed by atoms with Gasteiger partial charge in [-0.05, 0) is 115 Å². The third-order valence-electron chi connectivity index (χ3n) is 11.6. The molecule has 0 spiro atoms. The molecule has 0 aromatic carbocycles. The summed E-state index contributed by atoms with van der Waals surface area (Å²) in [6, 6.07) is -1.11. The maximum Gasteiger partial charge on any atom is 0.329 e. The molecule has 0 bridgehead atoms. The van der Waals surface area contributed by atoms with Crippen molar-refractivity contribution in [2.75, 3.05) is 20.8 Å². The van der Waals surface area contributed by atoms with Crippen molar-refractivity contribution in [3.05, 3.63) is 35.5 Å². The number of hydrogen-bond donors (Lipinski definition) is 4. The summed E-state index contributed by atoms with van der Waals surface area (Å²) in [5.74, 6) is -7.41. The van der Waals surface area contributed by atoms with Crippen molar-refractivity contribution >= 4 is 17.7 Å². The minimum absolute atomic E-state index is 0.0801. The summed E-state index contributed by atoms with van der Waals surface area (Å²) in [6.45, 7) is 13.8. The lowest BCUT2D eigenvalue weighted by Gasteiger charge is -2.38. The van der Waals surface area contributed by atoms with Crippen molar-refractivity contribution < 1.29 is 49.0 Å². The van der Waals surface area contributed by atoms with Crippen LogP contribution in [-0.2, 0) is 28.6 Å². The molecule has 2 aliphatic heterocycles. The van der Waals surface area contributed by atoms with Gasteiger partial charge in [0, 0.05) is 32.6 Å². The number of esters is 1. The highest BCUT2D eigenvalue weighted by Crippen LogP contribution is 2.33. The van der Waals surface area contributed by atoms with Gasteiger partial charge in [-0.1, -0.05) is 50.6 Å². The summed E-state index contributed by atoms with van der Waals surface area (Å²) in [5, 5.41) is 43.9. The van der Waals surface area contributed by atoms with Crippen molar-refractivity contribution in [3.63, 3.8) is 0 Å². The molecular formula is C41H67NO10. The predicted molar refractivity (Wildman–Crippen MR) is 199 cm³/mol. The van der Waals surface area contributed by atoms with Crippen LogP contribution in [0.2, 0.25) is 0 Å². The normalized spacial score (nSPS) is 37.1. The van der Waals surface area contributed by atoms with E-state index in [1.807, 2.05) is 13.8 Å². The number of amides is 1. The molecule has 1 aliphatic carbocycles. The van der Waals surface area contributed by atoms with Crippen molar-refractivity contribution in [2.24, 2.45) is 23.7 Å². The Morgan fingerprint density at radius 1 is 0.942 bits per heavy atom. The van der Waals surface area contributed by atoms with Gasteiger partial charge >= 0.3 is 5.97 Å². The number of aliphatic hydroxyl groups excluding tert-OH is 2. The van der Waals surface area contributed by atoms with Gasteiger partial charge < -0.3 is 39.5 Å². The fraction of sp³-hybridized carbons (Fsp3) is 0.780. The lowest BCUT2D eigenvalue weighted by atomic mass is 9.83. The number of hydrogen-bond acceptors (Lipinski definition) is 10. The zero-order valence-corrected chi connectivity index (χ0v) is 32.7. The molecule has 11 heteroatoms. The second-order valence-corrected chi connectivity index (χ2v) is 16.2. The minimum Gasteiger partial charge on any atom is -0.456 e. The molecule has 1 amide bonds. The Hall–Kier alpha value is -2.41. The van der Waals surface area contributed by atoms with Crippen molar-refractivity contribution in [3.8, 4) is 0 Å². The molecule has 296 valence electrons. The van der Waals surface area contributed by atoms with E-state index in [9.17, 15) is 34.8 Å². The van der Waals surface area contributed by atoms with E-state index < -0.39 is 59.6 Å². The number of aliphatic hydroxyl groups is 4. The van der Waals surface area contributed by atoms with Crippen LogP contribution in [-0.4, -0.2) is 106 Å². The second-order valence-electron chi connectivity index (χ2n) is 16.2. The van der Waals surface area contributed by atoms with E-state index in [0.717, 1.165) is 41.7 Å². The average molecular weight is 734 g/mol. The molecule has 52 heavy (non-hydrogen) atoms. The molecule has 0 radical (unpaired) electrons. The smallest absolute Gasteiger partial charge is 0.329 e. The largest absolute Gasteiger partial charge is 0.456 e. The maximum atomic E-state index is 14.0. The van der Waals surface area contributed by atoms with Gasteiger partial charge in [0.2, 0.25) is 5.79 Å². The molecule has 1 saturated carbocycles. The second kappa shape index (κ2) is 20.3. The number of methoxy groups -OCH3 is 2. The molecule has 3 rings (SSSR count). The maximum absolute atomic E-state index is 14.0. The van der Waals surface area contributed by atoms with Gasteiger partial charge in [-0.25, -0.2) is 4.79 Å². The van der Waals surface area contributed by atoms with Crippen LogP contribution in [0.3, 0.4) is 0 Å². The molecule has 4 N–H and O–H groups in total. The highest BCUT2D eigenvalue weighted by molar-refractivity contribution is 6.39. The van der Waals surface area contributed by atoms with E-state index >= 15 is 0 Å². The van der Waals surface area contributed by atoms with Gasteiger partial charge in [-0.2, -0.15) is 0 Å². The molecule has 2 fully saturated rings. The number of cyclic esters (lactones) is 1. The number of allylic oxidation sites excluding steroid dienone is 3. The number of nitrogens with zero attached hydrogens (tertiary/aromatic N) is 1. The molecule has 0 unspecified atom stereocenters. The van der Waals surface area contributed by atoms with E-state index in [1.54, 1.807) is 7.11 Å². The number of carbonyl (C=O) groups excluding carboxylic acids is 3. The van der Waals surface area contributed by atoms with E-state index in [4.69, 9.17) is 14.2 Å². The van der Waals surface area contributed by atoms with Crippen LogP contribution >= 0.6 is 0 Å². The van der Waals surface area contributed by atoms with Crippen LogP contribution in [0.5, 0.6) is 0 Å². The molecule has 3 aliphatic rings. The Bertz CT molecular complexity index is 1270. The third kappa shape index (κ3) is 12.3. The van der Waals surface area contributed by atoms with Gasteiger partial charge in [-0.3, -0.25) is 9.59 Å². The lowest BCUT2D eigenvalue weighted by Crippen LogP contribution is -2.58. The van der Waals surface area contributed by atoms with Gasteiger partial charge in [0.15, 0.2) is 0 Å². The summed E-state index contributed by atoms with van der Waals surface area (Å²) in [6.07, 6.45) is 8.85. The first-order valence-electron chi connectivity index (χ1n) is 19.4. The van der Waals surface area contributed by atoms with Crippen molar-refractivity contribution in [1.29, 1.82) is 0 Å². The number of Topliss-reactive ketones (excluding diaryl/α,β-unsaturated/α-hetero) is 1. The Kier molecular flexibility index (Phi) is 17.2. The molecule has 11 nitrogen and oxygen atoms in total. The van der Waals surface area contributed by atoms with Crippen LogP contribution < -0.4 is 0 Å². The van der Waals surface area contributed by atoms with Gasteiger partial charge in [0.05, 0.1) is 24.4 Å². The summed E-state index contributed by atoms with van der Waals surface area (Å²) in [5.41, 5.74) is 2.81. The highest BCUT2D eigenvalue weighted by Gasteiger charge is 2.48. The number of carbonyl (C=O) groups is 3. The van der Waals surface area contributed by atoms with Gasteiger partial charge in [0.25, 0.3) is 11.7 Å². The zero-order valence-electron chi connectivity index (χ0n) is 32.7. The van der Waals surface area contributed by atoms with E-state index in [2.05, 4.69) is 32.6 Å². The van der Waals surface area contributed by atoms with Crippen LogP contribution in [0, 0.1) is 23.7 Å². The van der Waals surface area contributed by atoms with Crippen LogP contribution in [0.25, 0.3) is 0 Å². The first-order chi connectivity index (χ1) is 24.5. The van der Waals surface area contributed by atoms with E-state index in [0.29, 0.717) is 44.9 Å². The molecule has 8 atom stereocenters. The van der Waals surface area contributed by atoms with Crippen molar-refractivity contribution in [1.82, 2.24) is 4.90 Å². The predicted octanol–water partition coefficient (Wildman–Crippen LogP) is 5.18. The monoisotopic (exact) mass is 733 g/mol. The van der Waals surface area contributed by atoms with Crippen LogP contribution in [0.15, 0.2) is 35.5 Å². The first-order valence-corrected chi connectivity index (χ1v) is 19.4. The Balaban J connectivity index is 1.99. The summed E-state index contributed by atoms with van der Waals surface area (Å²) in [7, 11) is 3.15. The molecular weight excluding hydrogens is 666 g/mol. The Morgan fingerprint density at radius 3 is 2.21 bits per heavy atom. The summed E-state index contributed by atoms with van der Waals surface area (Å²) < 4.78 is 17.7. The molecule has 0 aromatic rings. The van der Waals surface area contributed by atoms with Crippen LogP contribution in [0.1, 0.15) is 118 Å². The minimum atomic E-state index is -3.00. The molecule has 2 heterocycles. The lowest BCUT2D eigenvalue weighted by molar-refractivity contribution is -0.208. The number of ether oxygens (including phenoxy) is 3. The Labute approximate surface area is 311 Å². The van der Waals surface area contributed by atoms with E-state index in [1.165, 1.54) is 19.6 Å².